The number of rotatable bonds is 5. The van der Waals surface area contributed by atoms with Gasteiger partial charge in [0, 0.05) is 41.3 Å². The minimum Gasteiger partial charge on any atom is -0.423 e. The molecule has 0 aliphatic carbocycles. The van der Waals surface area contributed by atoms with Gasteiger partial charge in [0.05, 0.1) is 10.5 Å². The van der Waals surface area contributed by atoms with Gasteiger partial charge in [-0.2, -0.15) is 13.2 Å². The van der Waals surface area contributed by atoms with Gasteiger partial charge in [0.25, 0.3) is 10.0 Å². The summed E-state index contributed by atoms with van der Waals surface area (Å²) < 4.78 is 71.6. The van der Waals surface area contributed by atoms with Crippen LogP contribution in [0.25, 0.3) is 11.0 Å². The summed E-state index contributed by atoms with van der Waals surface area (Å²) in [6, 6.07) is 11.3. The predicted molar refractivity (Wildman–Crippen MR) is 127 cm³/mol. The molecule has 9 nitrogen and oxygen atoms in total. The third-order valence-corrected chi connectivity index (χ3v) is 6.07. The van der Waals surface area contributed by atoms with Crippen molar-refractivity contribution in [3.63, 3.8) is 0 Å². The minimum atomic E-state index is -4.72. The van der Waals surface area contributed by atoms with E-state index >= 15 is 0 Å². The van der Waals surface area contributed by atoms with E-state index in [2.05, 4.69) is 25.3 Å². The number of anilines is 3. The second kappa shape index (κ2) is 9.31. The summed E-state index contributed by atoms with van der Waals surface area (Å²) in [6.45, 7) is 0. The van der Waals surface area contributed by atoms with Gasteiger partial charge in [-0.3, -0.25) is 0 Å². The van der Waals surface area contributed by atoms with E-state index in [4.69, 9.17) is 16.6 Å². The van der Waals surface area contributed by atoms with Crippen molar-refractivity contribution in [2.45, 2.75) is 11.1 Å². The summed E-state index contributed by atoms with van der Waals surface area (Å²) in [7, 11) is -3.91. The number of hydrogen-bond acceptors (Lipinski definition) is 7. The summed E-state index contributed by atoms with van der Waals surface area (Å²) in [4.78, 5) is 19.1. The van der Waals surface area contributed by atoms with Gasteiger partial charge in [-0.25, -0.2) is 27.9 Å². The van der Waals surface area contributed by atoms with E-state index in [-0.39, 0.29) is 32.6 Å². The summed E-state index contributed by atoms with van der Waals surface area (Å²) in [5.41, 5.74) is -1.79. The molecule has 0 aliphatic rings. The number of nitrogens with zero attached hydrogens (tertiary/aromatic N) is 2. The molecule has 0 spiro atoms. The molecule has 2 heterocycles. The van der Waals surface area contributed by atoms with Crippen LogP contribution in [0.1, 0.15) is 5.56 Å². The average molecular weight is 522 g/mol. The highest BCUT2D eigenvalue weighted by Crippen LogP contribution is 2.34. The van der Waals surface area contributed by atoms with Gasteiger partial charge in [0.1, 0.15) is 5.58 Å². The number of sulfonamides is 1. The van der Waals surface area contributed by atoms with Crippen molar-refractivity contribution >= 4 is 55.6 Å². The third kappa shape index (κ3) is 5.73. The third-order valence-electron chi connectivity index (χ3n) is 4.52. The average Bonchev–Trinajstić information content (AvgIpc) is 2.78. The molecule has 2 aromatic heterocycles. The van der Waals surface area contributed by atoms with Gasteiger partial charge in [-0.05, 0) is 54.7 Å². The lowest BCUT2D eigenvalue weighted by atomic mass is 10.1. The van der Waals surface area contributed by atoms with E-state index in [1.165, 1.54) is 48.8 Å². The lowest BCUT2D eigenvalue weighted by molar-refractivity contribution is -0.136. The van der Waals surface area contributed by atoms with Gasteiger partial charge in [-0.15, -0.1) is 0 Å². The van der Waals surface area contributed by atoms with E-state index in [1.807, 2.05) is 0 Å². The summed E-state index contributed by atoms with van der Waals surface area (Å²) in [6.07, 6.45) is -1.93. The van der Waals surface area contributed by atoms with Crippen molar-refractivity contribution in [1.82, 2.24) is 9.97 Å². The molecule has 4 rings (SSSR count). The maximum atomic E-state index is 13.2. The molecule has 4 aromatic rings. The Balaban J connectivity index is 1.46. The molecule has 180 valence electrons. The highest BCUT2D eigenvalue weighted by molar-refractivity contribution is 7.92. The largest absolute Gasteiger partial charge is 0.423 e. The van der Waals surface area contributed by atoms with Gasteiger partial charge in [0.2, 0.25) is 5.95 Å². The Kier molecular flexibility index (Phi) is 6.41. The molecule has 0 fully saturated rings. The Morgan fingerprint density at radius 3 is 2.23 bits per heavy atom. The zero-order chi connectivity index (χ0) is 25.2. The summed E-state index contributed by atoms with van der Waals surface area (Å²) in [5, 5.41) is 5.38. The van der Waals surface area contributed by atoms with Crippen LogP contribution in [0, 0.1) is 0 Å². The second-order valence-electron chi connectivity index (χ2n) is 6.97. The zero-order valence-corrected chi connectivity index (χ0v) is 19.0. The van der Waals surface area contributed by atoms with Crippen LogP contribution in [-0.2, 0) is 16.2 Å². The molecule has 0 atom stereocenters. The fourth-order valence-corrected chi connectivity index (χ4v) is 4.21. The molecular weight excluding hydrogens is 507 g/mol. The number of aromatic nitrogens is 2. The Morgan fingerprint density at radius 1 is 0.943 bits per heavy atom. The molecule has 0 saturated carbocycles. The van der Waals surface area contributed by atoms with E-state index in [0.29, 0.717) is 11.8 Å². The molecule has 0 bridgehead atoms. The predicted octanol–water partition coefficient (Wildman–Crippen LogP) is 4.21. The number of benzene rings is 2. The van der Waals surface area contributed by atoms with Gasteiger partial charge < -0.3 is 15.1 Å². The molecular formula is C21H14F3N5O4S2. The van der Waals surface area contributed by atoms with Crippen LogP contribution in [0.4, 0.5) is 30.5 Å². The first-order valence-corrected chi connectivity index (χ1v) is 11.5. The van der Waals surface area contributed by atoms with Crippen LogP contribution in [0.5, 0.6) is 0 Å². The first-order chi connectivity index (χ1) is 16.5. The number of alkyl halides is 3. The highest BCUT2D eigenvalue weighted by Gasteiger charge is 2.33. The van der Waals surface area contributed by atoms with Gasteiger partial charge in [-0.1, -0.05) is 0 Å². The quantitative estimate of drug-likeness (QED) is 0.261. The molecule has 14 heteroatoms. The minimum absolute atomic E-state index is 0.0422. The number of nitrogens with one attached hydrogen (secondary N) is 3. The maximum absolute atomic E-state index is 13.2. The van der Waals surface area contributed by atoms with E-state index in [9.17, 15) is 26.4 Å². The summed E-state index contributed by atoms with van der Waals surface area (Å²) in [5.74, 6) is -0.0753. The molecule has 0 aliphatic heterocycles. The standard InChI is InChI=1S/C21H14F3N5O4S2/c22-21(23,24)16-11-18(30)33-17-10-13(4-7-15(16)17)28-20(34)27-12-2-5-14(6-3-12)35(31,32)29-19-25-8-1-9-26-19/h1-11H,(H,25,26,29)(H2,27,28,34). The van der Waals surface area contributed by atoms with Gasteiger partial charge in [0.15, 0.2) is 5.11 Å². The van der Waals surface area contributed by atoms with Crippen molar-refractivity contribution in [2.24, 2.45) is 0 Å². The highest BCUT2D eigenvalue weighted by atomic mass is 32.2. The zero-order valence-electron chi connectivity index (χ0n) is 17.3. The number of fused-ring (bicyclic) bond motifs is 1. The van der Waals surface area contributed by atoms with Crippen molar-refractivity contribution in [3.8, 4) is 0 Å². The molecule has 0 radical (unpaired) electrons. The lowest BCUT2D eigenvalue weighted by Gasteiger charge is -2.13. The van der Waals surface area contributed by atoms with Crippen LogP contribution >= 0.6 is 12.2 Å². The van der Waals surface area contributed by atoms with Crippen molar-refractivity contribution in [3.05, 3.63) is 83.0 Å². The lowest BCUT2D eigenvalue weighted by Crippen LogP contribution is -2.19. The van der Waals surface area contributed by atoms with Crippen LogP contribution in [-0.4, -0.2) is 23.5 Å². The topological polar surface area (TPSA) is 126 Å². The monoisotopic (exact) mass is 521 g/mol. The molecule has 2 aromatic carbocycles. The fraction of sp³-hybridized carbons (Fsp3) is 0.0476. The first-order valence-electron chi connectivity index (χ1n) is 9.64. The second-order valence-corrected chi connectivity index (χ2v) is 9.06. The van der Waals surface area contributed by atoms with E-state index in [1.54, 1.807) is 6.07 Å². The molecule has 0 amide bonds. The Labute approximate surface area is 201 Å². The molecule has 0 saturated heterocycles. The maximum Gasteiger partial charge on any atom is 0.417 e. The van der Waals surface area contributed by atoms with E-state index in [0.717, 1.165) is 6.07 Å². The van der Waals surface area contributed by atoms with Crippen LogP contribution in [0.15, 0.2) is 81.1 Å². The fourth-order valence-electron chi connectivity index (χ4n) is 3.02. The molecule has 0 unspecified atom stereocenters. The normalized spacial score (nSPS) is 11.7. The molecule has 35 heavy (non-hydrogen) atoms. The van der Waals surface area contributed by atoms with Crippen LogP contribution in [0.3, 0.4) is 0 Å². The molecule has 3 N–H and O–H groups in total. The Morgan fingerprint density at radius 2 is 1.57 bits per heavy atom. The SMILES string of the molecule is O=c1cc(C(F)(F)F)c2ccc(NC(=S)Nc3ccc(S(=O)(=O)Nc4ncccn4)cc3)cc2o1. The Hall–Kier alpha value is -4.04. The number of hydrogen-bond donors (Lipinski definition) is 3. The number of halogens is 3. The van der Waals surface area contributed by atoms with Crippen molar-refractivity contribution in [2.75, 3.05) is 15.4 Å². The van der Waals surface area contributed by atoms with Crippen LogP contribution < -0.4 is 21.0 Å². The van der Waals surface area contributed by atoms with Crippen LogP contribution in [0.2, 0.25) is 0 Å². The number of thiocarbonyl (C=S) groups is 1. The van der Waals surface area contributed by atoms with Gasteiger partial charge >= 0.3 is 11.8 Å². The Bertz CT molecular complexity index is 1560. The summed E-state index contributed by atoms with van der Waals surface area (Å²) >= 11 is 5.20. The van der Waals surface area contributed by atoms with Crippen molar-refractivity contribution in [1.29, 1.82) is 0 Å². The van der Waals surface area contributed by atoms with Crippen molar-refractivity contribution < 1.29 is 26.0 Å². The smallest absolute Gasteiger partial charge is 0.417 e. The first kappa shape index (κ1) is 24.1. The van der Waals surface area contributed by atoms with E-state index < -0.39 is 27.4 Å².